The van der Waals surface area contributed by atoms with Crippen LogP contribution in [0.15, 0.2) is 60.7 Å². The molecule has 2 fully saturated rings. The predicted molar refractivity (Wildman–Crippen MR) is 202 cm³/mol. The molecule has 20 heteroatoms. The Kier molecular flexibility index (Phi) is 11.0. The molecule has 4 aliphatic rings. The predicted octanol–water partition coefficient (Wildman–Crippen LogP) is -1.10. The number of ether oxygens (including phenoxy) is 4. The number of carboxylic acid groups (broad SMARTS) is 2. The molecule has 12 atom stereocenters. The molecule has 62 heavy (non-hydrogen) atoms. The minimum Gasteiger partial charge on any atom is -0.507 e. The molecule has 2 aliphatic carbocycles. The maximum Gasteiger partial charge on any atom is 0.335 e. The van der Waals surface area contributed by atoms with Crippen molar-refractivity contribution in [3.05, 3.63) is 116 Å². The van der Waals surface area contributed by atoms with Gasteiger partial charge in [-0.2, -0.15) is 0 Å². The van der Waals surface area contributed by atoms with Gasteiger partial charge >= 0.3 is 11.9 Å². The highest BCUT2D eigenvalue weighted by Crippen LogP contribution is 2.56. The van der Waals surface area contributed by atoms with Gasteiger partial charge in [-0.1, -0.05) is 24.3 Å². The van der Waals surface area contributed by atoms with Crippen LogP contribution in [0.2, 0.25) is 0 Å². The van der Waals surface area contributed by atoms with Crippen LogP contribution in [-0.2, 0) is 9.47 Å². The number of rotatable bonds is 9. The largest absolute Gasteiger partial charge is 0.507 e. The molecule has 0 unspecified atom stereocenters. The van der Waals surface area contributed by atoms with E-state index in [1.54, 1.807) is 0 Å². The SMILES string of the molecule is O=C(O)c1cc(O)c2c(c1)[C@@H]([C@H]1c3cc(C(=O)O)cc(O)c3C(=O)c3c(O[C@H]4O[C@H](CO)[C@@H](O)[C@H](O)[C@H]4O)cccc31)c1cccc(O[C@H]3O[C@@H](CO)[C@H](O)[C@@H](O)[C@H]3O)c1C2=O. The summed E-state index contributed by atoms with van der Waals surface area (Å²) in [7, 11) is 0. The highest BCUT2D eigenvalue weighted by molar-refractivity contribution is 6.18. The minimum absolute atomic E-state index is 0.00301. The quantitative estimate of drug-likeness (QED) is 0.0950. The Morgan fingerprint density at radius 2 is 0.887 bits per heavy atom. The standard InChI is InChI=1S/C42H38O20/c43-11-23-31(47)35(51)37(53)41(61-23)59-21-5-1-3-15-25(17-7-13(39(55)56)9-19(45)27(17)33(49)29(15)21)26-16-4-2-6-22(60-42-38(54)36(52)32(48)24(12-44)62-42)30(16)34(50)28-18(26)8-14(40(57)58)10-20(28)46/h1-10,23-26,31-32,35-38,41-48,51-54H,11-12H2,(H,55,56)(H,57,58)/t23-,24+,25-,26+,31-,32+,35+,36-,37-,38-,41+,42+/m1/s1. The van der Waals surface area contributed by atoms with E-state index in [2.05, 4.69) is 0 Å². The van der Waals surface area contributed by atoms with Crippen molar-refractivity contribution in [3.63, 3.8) is 0 Å². The van der Waals surface area contributed by atoms with Crippen molar-refractivity contribution in [2.45, 2.75) is 73.2 Å². The molecule has 12 N–H and O–H groups in total. The van der Waals surface area contributed by atoms with E-state index in [9.17, 15) is 80.5 Å². The molecule has 0 spiro atoms. The van der Waals surface area contributed by atoms with E-state index in [1.807, 2.05) is 0 Å². The smallest absolute Gasteiger partial charge is 0.335 e. The van der Waals surface area contributed by atoms with Crippen LogP contribution in [0.5, 0.6) is 23.0 Å². The number of fused-ring (bicyclic) bond motifs is 4. The van der Waals surface area contributed by atoms with Crippen molar-refractivity contribution in [3.8, 4) is 23.0 Å². The maximum absolute atomic E-state index is 14.7. The lowest BCUT2D eigenvalue weighted by molar-refractivity contribution is -0.277. The van der Waals surface area contributed by atoms with E-state index < -0.39 is 144 Å². The number of ketones is 2. The average molecular weight is 863 g/mol. The van der Waals surface area contributed by atoms with Crippen LogP contribution in [0.4, 0.5) is 0 Å². The van der Waals surface area contributed by atoms with Crippen LogP contribution in [0.25, 0.3) is 0 Å². The molecule has 2 saturated heterocycles. The third kappa shape index (κ3) is 6.73. The molecule has 0 aromatic heterocycles. The molecule has 2 aliphatic heterocycles. The fourth-order valence-corrected chi connectivity index (χ4v) is 8.71. The zero-order valence-corrected chi connectivity index (χ0v) is 31.7. The normalized spacial score (nSPS) is 30.1. The molecule has 4 aromatic carbocycles. The Morgan fingerprint density at radius 1 is 0.516 bits per heavy atom. The Balaban J connectivity index is 1.38. The number of aromatic hydroxyl groups is 2. The van der Waals surface area contributed by atoms with E-state index in [-0.39, 0.29) is 44.9 Å². The fraction of sp³-hybridized carbons (Fsp3) is 0.333. The molecular weight excluding hydrogens is 824 g/mol. The highest BCUT2D eigenvalue weighted by atomic mass is 16.7. The Bertz CT molecular complexity index is 2330. The summed E-state index contributed by atoms with van der Waals surface area (Å²) in [5.74, 6) is -10.1. The first-order chi connectivity index (χ1) is 29.5. The summed E-state index contributed by atoms with van der Waals surface area (Å²) in [5, 5.41) is 126. The van der Waals surface area contributed by atoms with Crippen molar-refractivity contribution in [1.29, 1.82) is 0 Å². The van der Waals surface area contributed by atoms with Gasteiger partial charge in [0.05, 0.1) is 46.6 Å². The molecular formula is C42H38O20. The van der Waals surface area contributed by atoms with Gasteiger partial charge in [-0.05, 0) is 58.7 Å². The molecule has 0 amide bonds. The Morgan fingerprint density at radius 3 is 1.23 bits per heavy atom. The maximum atomic E-state index is 14.7. The number of aromatic carboxylic acids is 2. The summed E-state index contributed by atoms with van der Waals surface area (Å²) in [6.45, 7) is -1.64. The van der Waals surface area contributed by atoms with Gasteiger partial charge < -0.3 is 80.2 Å². The van der Waals surface area contributed by atoms with E-state index in [4.69, 9.17) is 18.9 Å². The van der Waals surface area contributed by atoms with Gasteiger partial charge in [0.2, 0.25) is 24.1 Å². The van der Waals surface area contributed by atoms with Crippen LogP contribution in [0, 0.1) is 0 Å². The van der Waals surface area contributed by atoms with Crippen LogP contribution in [-0.4, -0.2) is 159 Å². The van der Waals surface area contributed by atoms with E-state index in [0.29, 0.717) is 0 Å². The number of hydrogen-bond acceptors (Lipinski definition) is 18. The number of carbonyl (C=O) groups excluding carboxylic acids is 2. The number of carboxylic acids is 2. The van der Waals surface area contributed by atoms with Gasteiger partial charge in [0.1, 0.15) is 71.8 Å². The number of aliphatic hydroxyl groups is 8. The summed E-state index contributed by atoms with van der Waals surface area (Å²) < 4.78 is 23.0. The first kappa shape index (κ1) is 42.6. The number of benzene rings is 4. The van der Waals surface area contributed by atoms with Gasteiger partial charge in [-0.15, -0.1) is 0 Å². The second-order valence-corrected chi connectivity index (χ2v) is 15.2. The number of aliphatic hydroxyl groups excluding tert-OH is 8. The van der Waals surface area contributed by atoms with Crippen LogP contribution in [0.1, 0.15) is 86.6 Å². The molecule has 8 rings (SSSR count). The molecule has 2 heterocycles. The zero-order chi connectivity index (χ0) is 44.6. The summed E-state index contributed by atoms with van der Waals surface area (Å²) in [6, 6.07) is 11.9. The van der Waals surface area contributed by atoms with Crippen molar-refractivity contribution in [2.24, 2.45) is 0 Å². The van der Waals surface area contributed by atoms with Gasteiger partial charge in [0, 0.05) is 11.8 Å². The van der Waals surface area contributed by atoms with Crippen LogP contribution in [0.3, 0.4) is 0 Å². The molecule has 20 nitrogen and oxygen atoms in total. The van der Waals surface area contributed by atoms with Gasteiger partial charge in [-0.3, -0.25) is 9.59 Å². The van der Waals surface area contributed by atoms with Crippen molar-refractivity contribution < 1.29 is 99.4 Å². The van der Waals surface area contributed by atoms with Crippen molar-refractivity contribution in [1.82, 2.24) is 0 Å². The van der Waals surface area contributed by atoms with Crippen LogP contribution >= 0.6 is 0 Å². The molecule has 0 radical (unpaired) electrons. The third-order valence-electron chi connectivity index (χ3n) is 11.7. The monoisotopic (exact) mass is 862 g/mol. The van der Waals surface area contributed by atoms with E-state index in [1.165, 1.54) is 36.4 Å². The number of hydrogen-bond donors (Lipinski definition) is 12. The summed E-state index contributed by atoms with van der Waals surface area (Å²) >= 11 is 0. The van der Waals surface area contributed by atoms with Gasteiger partial charge in [-0.25, -0.2) is 9.59 Å². The van der Waals surface area contributed by atoms with E-state index in [0.717, 1.165) is 24.3 Å². The molecule has 0 bridgehead atoms. The first-order valence-corrected chi connectivity index (χ1v) is 19.0. The number of carbonyl (C=O) groups is 4. The lowest BCUT2D eigenvalue weighted by Gasteiger charge is -2.41. The number of phenolic OH excluding ortho intramolecular Hbond substituents is 2. The lowest BCUT2D eigenvalue weighted by atomic mass is 9.63. The topological polar surface area (TPSA) is 348 Å². The second-order valence-electron chi connectivity index (χ2n) is 15.2. The molecule has 4 aromatic rings. The minimum atomic E-state index is -1.94. The van der Waals surface area contributed by atoms with Gasteiger partial charge in [0.25, 0.3) is 0 Å². The van der Waals surface area contributed by atoms with Gasteiger partial charge in [0.15, 0.2) is 0 Å². The Hall–Kier alpha value is -6.04. The molecule has 0 saturated carbocycles. The van der Waals surface area contributed by atoms with Crippen molar-refractivity contribution >= 4 is 23.5 Å². The Labute approximate surface area is 348 Å². The lowest BCUT2D eigenvalue weighted by Crippen LogP contribution is -2.60. The fourth-order valence-electron chi connectivity index (χ4n) is 8.71. The van der Waals surface area contributed by atoms with E-state index >= 15 is 0 Å². The average Bonchev–Trinajstić information content (AvgIpc) is 3.24. The van der Waals surface area contributed by atoms with Crippen molar-refractivity contribution in [2.75, 3.05) is 13.2 Å². The highest BCUT2D eigenvalue weighted by Gasteiger charge is 2.50. The zero-order valence-electron chi connectivity index (χ0n) is 31.7. The van der Waals surface area contributed by atoms with Crippen LogP contribution < -0.4 is 9.47 Å². The molecule has 326 valence electrons. The second kappa shape index (κ2) is 16.0. The summed E-state index contributed by atoms with van der Waals surface area (Å²) in [5.41, 5.74) is -2.87. The summed E-state index contributed by atoms with van der Waals surface area (Å²) in [4.78, 5) is 54.2. The summed E-state index contributed by atoms with van der Waals surface area (Å²) in [6.07, 6.45) is -17.7. The third-order valence-corrected chi connectivity index (χ3v) is 11.7. The number of phenols is 2. The first-order valence-electron chi connectivity index (χ1n) is 19.0.